The molecule has 0 fully saturated rings. The van der Waals surface area contributed by atoms with Gasteiger partial charge >= 0.3 is 27.7 Å². The molecular formula is C18H29O4Ti. The normalized spacial score (nSPS) is 17.4. The summed E-state index contributed by atoms with van der Waals surface area (Å²) in [6, 6.07) is 0. The molecule has 3 aliphatic rings. The minimum Gasteiger partial charge on any atom is -0.857 e. The van der Waals surface area contributed by atoms with Crippen molar-refractivity contribution in [1.29, 1.82) is 0 Å². The first-order valence-corrected chi connectivity index (χ1v) is 8.02. The standard InChI is InChI=1S/C13H17.C3H6O2.2CH3O.Ti/c1-3-7-12-10(5-1)9-11-6-2-4-8-13(11)12;1-2-3(4)5;2*1-2;/h5H,1-4,6-9H2;2H2,1H3,(H,4,5);2*1H3;/q-1;;2*-1;+3. The van der Waals surface area contributed by atoms with Crippen molar-refractivity contribution in [3.63, 3.8) is 0 Å². The zero-order chi connectivity index (χ0) is 17.0. The molecule has 0 saturated heterocycles. The maximum atomic E-state index is 9.37. The molecule has 0 aromatic carbocycles. The van der Waals surface area contributed by atoms with Crippen LogP contribution < -0.4 is 10.2 Å². The van der Waals surface area contributed by atoms with E-state index >= 15 is 0 Å². The number of carboxylic acids is 1. The molecule has 0 heterocycles. The Morgan fingerprint density at radius 2 is 1.57 bits per heavy atom. The molecule has 3 aliphatic carbocycles. The number of rotatable bonds is 1. The number of allylic oxidation sites excluding steroid dienone is 4. The second kappa shape index (κ2) is 15.0. The van der Waals surface area contributed by atoms with Crippen LogP contribution >= 0.6 is 0 Å². The summed E-state index contributed by atoms with van der Waals surface area (Å²) in [5.74, 6) is -0.745. The third-order valence-corrected chi connectivity index (χ3v) is 4.06. The first-order valence-electron chi connectivity index (χ1n) is 8.02. The first-order chi connectivity index (χ1) is 10.7. The van der Waals surface area contributed by atoms with E-state index in [9.17, 15) is 4.79 Å². The first kappa shape index (κ1) is 24.7. The van der Waals surface area contributed by atoms with Crippen LogP contribution in [0.1, 0.15) is 64.7 Å². The fourth-order valence-corrected chi connectivity index (χ4v) is 3.12. The van der Waals surface area contributed by atoms with Crippen molar-refractivity contribution >= 4 is 5.97 Å². The van der Waals surface area contributed by atoms with Crippen LogP contribution in [0.4, 0.5) is 0 Å². The van der Waals surface area contributed by atoms with Crippen molar-refractivity contribution in [2.24, 2.45) is 0 Å². The van der Waals surface area contributed by atoms with Gasteiger partial charge < -0.3 is 15.3 Å². The smallest absolute Gasteiger partial charge is 0.857 e. The van der Waals surface area contributed by atoms with Crippen molar-refractivity contribution in [3.8, 4) is 0 Å². The Labute approximate surface area is 155 Å². The van der Waals surface area contributed by atoms with Gasteiger partial charge in [-0.15, -0.1) is 12.0 Å². The zero-order valence-corrected chi connectivity index (χ0v) is 16.2. The van der Waals surface area contributed by atoms with Gasteiger partial charge in [0.25, 0.3) is 0 Å². The molecule has 4 nitrogen and oxygen atoms in total. The predicted octanol–water partition coefficient (Wildman–Crippen LogP) is 2.38. The summed E-state index contributed by atoms with van der Waals surface area (Å²) in [5.41, 5.74) is 7.06. The number of hydrogen-bond acceptors (Lipinski definition) is 3. The molecule has 0 spiro atoms. The van der Waals surface area contributed by atoms with Crippen LogP contribution in [0.3, 0.4) is 0 Å². The molecule has 5 heteroatoms. The van der Waals surface area contributed by atoms with Gasteiger partial charge in [0.2, 0.25) is 0 Å². The topological polar surface area (TPSA) is 83.4 Å². The van der Waals surface area contributed by atoms with E-state index in [4.69, 9.17) is 15.3 Å². The Bertz CT molecular complexity index is 370. The van der Waals surface area contributed by atoms with Gasteiger partial charge in [0.15, 0.2) is 0 Å². The molecule has 0 saturated carbocycles. The average molecular weight is 357 g/mol. The van der Waals surface area contributed by atoms with Gasteiger partial charge in [0.05, 0.1) is 0 Å². The van der Waals surface area contributed by atoms with Gasteiger partial charge in [0, 0.05) is 6.42 Å². The second-order valence-electron chi connectivity index (χ2n) is 5.31. The molecule has 0 bridgehead atoms. The fraction of sp³-hybridized carbons (Fsp3) is 0.667. The Hall–Kier alpha value is -0.546. The van der Waals surface area contributed by atoms with Crippen molar-refractivity contribution in [2.75, 3.05) is 14.2 Å². The Morgan fingerprint density at radius 1 is 1.04 bits per heavy atom. The van der Waals surface area contributed by atoms with Gasteiger partial charge in [-0.05, 0) is 25.7 Å². The largest absolute Gasteiger partial charge is 3.00 e. The molecule has 3 rings (SSSR count). The minimum atomic E-state index is -0.745. The molecule has 0 unspecified atom stereocenters. The van der Waals surface area contributed by atoms with E-state index in [0.717, 1.165) is 14.2 Å². The van der Waals surface area contributed by atoms with Crippen LogP contribution in [0.2, 0.25) is 0 Å². The SMILES string of the molecule is CCC(=O)O.C[O-].C[O-].[CH-]1CCCC2=C1CC1=C2CCCC1.[Ti+3]. The zero-order valence-electron chi connectivity index (χ0n) is 14.6. The third kappa shape index (κ3) is 8.21. The van der Waals surface area contributed by atoms with Crippen LogP contribution in [0.15, 0.2) is 22.3 Å². The van der Waals surface area contributed by atoms with Gasteiger partial charge in [-0.1, -0.05) is 31.8 Å². The van der Waals surface area contributed by atoms with E-state index in [2.05, 4.69) is 6.42 Å². The Balaban J connectivity index is 0. The molecule has 0 atom stereocenters. The van der Waals surface area contributed by atoms with Crippen molar-refractivity contribution < 1.29 is 41.8 Å². The minimum absolute atomic E-state index is 0. The van der Waals surface area contributed by atoms with Crippen LogP contribution in [0.5, 0.6) is 0 Å². The number of carbonyl (C=O) groups is 1. The molecule has 1 N–H and O–H groups in total. The molecule has 0 amide bonds. The van der Waals surface area contributed by atoms with Gasteiger partial charge in [-0.25, -0.2) is 12.0 Å². The number of hydrogen-bond donors (Lipinski definition) is 1. The van der Waals surface area contributed by atoms with E-state index < -0.39 is 5.97 Å². The quantitative estimate of drug-likeness (QED) is 0.577. The van der Waals surface area contributed by atoms with Gasteiger partial charge in [-0.3, -0.25) is 4.79 Å². The van der Waals surface area contributed by atoms with Crippen LogP contribution in [-0.2, 0) is 26.5 Å². The summed E-state index contributed by atoms with van der Waals surface area (Å²) >= 11 is 0. The van der Waals surface area contributed by atoms with E-state index in [0.29, 0.717) is 0 Å². The summed E-state index contributed by atoms with van der Waals surface area (Å²) in [6.45, 7) is 1.60. The number of carboxylic acid groups (broad SMARTS) is 1. The molecule has 23 heavy (non-hydrogen) atoms. The summed E-state index contributed by atoms with van der Waals surface area (Å²) in [6.07, 6.45) is 13.8. The molecule has 0 aromatic rings. The monoisotopic (exact) mass is 357 g/mol. The van der Waals surface area contributed by atoms with Crippen molar-refractivity contribution in [2.45, 2.75) is 64.7 Å². The molecular weight excluding hydrogens is 328 g/mol. The Kier molecular flexibility index (Phi) is 16.1. The van der Waals surface area contributed by atoms with Crippen LogP contribution in [-0.4, -0.2) is 25.3 Å². The average Bonchev–Trinajstić information content (AvgIpc) is 2.97. The fourth-order valence-electron chi connectivity index (χ4n) is 3.12. The number of fused-ring (bicyclic) bond motifs is 1. The van der Waals surface area contributed by atoms with Crippen molar-refractivity contribution in [3.05, 3.63) is 28.7 Å². The molecule has 1 radical (unpaired) electrons. The third-order valence-electron chi connectivity index (χ3n) is 4.06. The summed E-state index contributed by atoms with van der Waals surface area (Å²) in [4.78, 5) is 9.37. The summed E-state index contributed by atoms with van der Waals surface area (Å²) < 4.78 is 0. The summed E-state index contributed by atoms with van der Waals surface area (Å²) in [5, 5.41) is 24.2. The Morgan fingerprint density at radius 3 is 2.13 bits per heavy atom. The second-order valence-corrected chi connectivity index (χ2v) is 5.31. The molecule has 0 aliphatic heterocycles. The van der Waals surface area contributed by atoms with E-state index in [-0.39, 0.29) is 28.1 Å². The summed E-state index contributed by atoms with van der Waals surface area (Å²) in [7, 11) is 1.50. The molecule has 0 aromatic heterocycles. The van der Waals surface area contributed by atoms with Crippen LogP contribution in [0, 0.1) is 6.42 Å². The van der Waals surface area contributed by atoms with Crippen molar-refractivity contribution in [1.82, 2.24) is 0 Å². The van der Waals surface area contributed by atoms with E-state index in [1.165, 1.54) is 51.4 Å². The van der Waals surface area contributed by atoms with Gasteiger partial charge in [-0.2, -0.15) is 19.8 Å². The van der Waals surface area contributed by atoms with E-state index in [1.54, 1.807) is 29.2 Å². The van der Waals surface area contributed by atoms with E-state index in [1.807, 2.05) is 0 Å². The van der Waals surface area contributed by atoms with Gasteiger partial charge in [0.1, 0.15) is 0 Å². The maximum absolute atomic E-state index is 9.37. The molecule has 129 valence electrons. The predicted molar refractivity (Wildman–Crippen MR) is 85.1 cm³/mol. The maximum Gasteiger partial charge on any atom is 3.00 e. The number of aliphatic carboxylic acids is 1. The van der Waals surface area contributed by atoms with Crippen LogP contribution in [0.25, 0.3) is 0 Å².